The number of hydrogen-bond acceptors (Lipinski definition) is 7. The Balaban J connectivity index is 1.36. The zero-order valence-corrected chi connectivity index (χ0v) is 24.8. The Kier molecular flexibility index (Phi) is 9.52. The fraction of sp³-hybridized carbons (Fsp3) is 0.0667. The summed E-state index contributed by atoms with van der Waals surface area (Å²) in [6, 6.07) is 21.3. The lowest BCUT2D eigenvalue weighted by atomic mass is 10.2. The number of anilines is 1. The molecular weight excluding hydrogens is 647 g/mol. The molecule has 0 spiro atoms. The second-order valence-electron chi connectivity index (χ2n) is 8.79. The van der Waals surface area contributed by atoms with E-state index >= 15 is 0 Å². The van der Waals surface area contributed by atoms with Crippen molar-refractivity contribution in [3.8, 4) is 5.75 Å². The number of thioether (sulfide) groups is 1. The standard InChI is InChI=1S/C30H21BrClFN4O4S/c31-21-4-1-3-19(13-21)16-34-36-30-37(17-25-5-2-12-40-25)29(39)27(42-30)15-20-14-22(32)6-11-26(20)41-18-28(38)35-24-9-7-23(33)8-10-24/h1-16H,17-18H2,(H,35,38)/b27-15-,34-16-,36-30+. The molecule has 0 atom stereocenters. The minimum atomic E-state index is -0.441. The number of furan rings is 1. The third-order valence-corrected chi connectivity index (χ3v) is 7.45. The van der Waals surface area contributed by atoms with Gasteiger partial charge in [0.25, 0.3) is 11.8 Å². The van der Waals surface area contributed by atoms with Gasteiger partial charge < -0.3 is 14.5 Å². The Labute approximate surface area is 258 Å². The highest BCUT2D eigenvalue weighted by atomic mass is 79.9. The van der Waals surface area contributed by atoms with Crippen LogP contribution in [0.1, 0.15) is 16.9 Å². The highest BCUT2D eigenvalue weighted by Gasteiger charge is 2.34. The normalized spacial score (nSPS) is 15.2. The molecule has 0 saturated carbocycles. The van der Waals surface area contributed by atoms with Crippen molar-refractivity contribution in [2.24, 2.45) is 10.2 Å². The van der Waals surface area contributed by atoms with Gasteiger partial charge in [0.1, 0.15) is 17.3 Å². The molecule has 3 aromatic carbocycles. The van der Waals surface area contributed by atoms with Gasteiger partial charge in [-0.1, -0.05) is 39.7 Å². The molecule has 5 rings (SSSR count). The number of ether oxygens (including phenoxy) is 1. The maximum atomic E-state index is 13.5. The molecule has 0 unspecified atom stereocenters. The van der Waals surface area contributed by atoms with E-state index in [2.05, 4.69) is 31.4 Å². The number of amidine groups is 1. The molecule has 2 amide bonds. The van der Waals surface area contributed by atoms with Gasteiger partial charge in [0, 0.05) is 20.7 Å². The van der Waals surface area contributed by atoms with Crippen LogP contribution in [0.25, 0.3) is 6.08 Å². The highest BCUT2D eigenvalue weighted by Crippen LogP contribution is 2.36. The summed E-state index contributed by atoms with van der Waals surface area (Å²) in [7, 11) is 0. The summed E-state index contributed by atoms with van der Waals surface area (Å²) in [5.41, 5.74) is 1.76. The quantitative estimate of drug-likeness (QED) is 0.114. The van der Waals surface area contributed by atoms with Gasteiger partial charge in [-0.2, -0.15) is 5.10 Å². The summed E-state index contributed by atoms with van der Waals surface area (Å²) in [5.74, 6) is -0.246. The number of rotatable bonds is 9. The molecule has 42 heavy (non-hydrogen) atoms. The van der Waals surface area contributed by atoms with Crippen molar-refractivity contribution in [1.82, 2.24) is 4.90 Å². The monoisotopic (exact) mass is 666 g/mol. The predicted octanol–water partition coefficient (Wildman–Crippen LogP) is 7.36. The Bertz CT molecular complexity index is 1690. The first-order chi connectivity index (χ1) is 20.3. The molecule has 4 aromatic rings. The molecule has 1 fully saturated rings. The molecule has 1 aliphatic rings. The molecule has 1 saturated heterocycles. The van der Waals surface area contributed by atoms with Crippen molar-refractivity contribution in [3.63, 3.8) is 0 Å². The van der Waals surface area contributed by atoms with Gasteiger partial charge in [0.15, 0.2) is 11.8 Å². The van der Waals surface area contributed by atoms with Crippen molar-refractivity contribution >= 4 is 74.3 Å². The fourth-order valence-electron chi connectivity index (χ4n) is 3.79. The van der Waals surface area contributed by atoms with Crippen LogP contribution >= 0.6 is 39.3 Å². The van der Waals surface area contributed by atoms with E-state index in [9.17, 15) is 14.0 Å². The Morgan fingerprint density at radius 1 is 1.12 bits per heavy atom. The number of benzene rings is 3. The van der Waals surface area contributed by atoms with Crippen LogP contribution in [-0.2, 0) is 16.1 Å². The minimum absolute atomic E-state index is 0.157. The van der Waals surface area contributed by atoms with Crippen molar-refractivity contribution in [1.29, 1.82) is 0 Å². The Morgan fingerprint density at radius 3 is 2.71 bits per heavy atom. The zero-order chi connectivity index (χ0) is 29.5. The molecule has 1 aliphatic heterocycles. The number of carbonyl (C=O) groups excluding carboxylic acids is 2. The van der Waals surface area contributed by atoms with Crippen LogP contribution in [-0.4, -0.2) is 34.7 Å². The molecule has 212 valence electrons. The Morgan fingerprint density at radius 2 is 1.95 bits per heavy atom. The van der Waals surface area contributed by atoms with Crippen LogP contribution in [0, 0.1) is 5.82 Å². The smallest absolute Gasteiger partial charge is 0.267 e. The topological polar surface area (TPSA) is 96.5 Å². The van der Waals surface area contributed by atoms with E-state index in [1.807, 2.05) is 24.3 Å². The summed E-state index contributed by atoms with van der Waals surface area (Å²) in [4.78, 5) is 27.7. The summed E-state index contributed by atoms with van der Waals surface area (Å²) in [6.07, 6.45) is 4.75. The fourth-order valence-corrected chi connectivity index (χ4v) is 5.31. The number of amides is 2. The lowest BCUT2D eigenvalue weighted by Crippen LogP contribution is -2.28. The summed E-state index contributed by atoms with van der Waals surface area (Å²) in [5, 5.41) is 11.9. The largest absolute Gasteiger partial charge is 0.483 e. The molecule has 1 aromatic heterocycles. The zero-order valence-electron chi connectivity index (χ0n) is 21.7. The first kappa shape index (κ1) is 29.3. The number of hydrogen-bond donors (Lipinski definition) is 1. The predicted molar refractivity (Wildman–Crippen MR) is 166 cm³/mol. The number of nitrogens with zero attached hydrogens (tertiary/aromatic N) is 3. The lowest BCUT2D eigenvalue weighted by Gasteiger charge is -2.13. The van der Waals surface area contributed by atoms with E-state index in [-0.39, 0.29) is 19.1 Å². The molecule has 12 heteroatoms. The van der Waals surface area contributed by atoms with Gasteiger partial charge in [0.05, 0.1) is 23.9 Å². The van der Waals surface area contributed by atoms with E-state index in [0.717, 1.165) is 21.8 Å². The third kappa shape index (κ3) is 7.75. The van der Waals surface area contributed by atoms with Crippen molar-refractivity contribution < 1.29 is 23.1 Å². The second-order valence-corrected chi connectivity index (χ2v) is 11.2. The number of nitrogens with one attached hydrogen (secondary N) is 1. The maximum absolute atomic E-state index is 13.5. The minimum Gasteiger partial charge on any atom is -0.483 e. The van der Waals surface area contributed by atoms with E-state index in [4.69, 9.17) is 20.8 Å². The summed E-state index contributed by atoms with van der Waals surface area (Å²) in [6.45, 7) is -0.165. The molecule has 2 heterocycles. The molecule has 0 radical (unpaired) electrons. The van der Waals surface area contributed by atoms with Crippen LogP contribution in [0.5, 0.6) is 5.75 Å². The number of carbonyl (C=O) groups is 2. The summed E-state index contributed by atoms with van der Waals surface area (Å²) >= 11 is 10.8. The van der Waals surface area contributed by atoms with Crippen LogP contribution in [0.15, 0.2) is 109 Å². The van der Waals surface area contributed by atoms with Gasteiger partial charge >= 0.3 is 0 Å². The SMILES string of the molecule is O=C(COc1ccc(Cl)cc1/C=C1\S/C(=N/N=C\c2cccc(Br)c2)N(Cc2ccco2)C1=O)Nc1ccc(F)cc1. The van der Waals surface area contributed by atoms with Gasteiger partial charge in [0.2, 0.25) is 0 Å². The second kappa shape index (κ2) is 13.6. The van der Waals surface area contributed by atoms with Gasteiger partial charge in [-0.05, 0) is 90.1 Å². The molecule has 1 N–H and O–H groups in total. The van der Waals surface area contributed by atoms with Crippen LogP contribution < -0.4 is 10.1 Å². The van der Waals surface area contributed by atoms with Crippen molar-refractivity contribution in [3.05, 3.63) is 122 Å². The average molecular weight is 668 g/mol. The van der Waals surface area contributed by atoms with Gasteiger partial charge in [-0.25, -0.2) is 4.39 Å². The highest BCUT2D eigenvalue weighted by molar-refractivity contribution is 9.10. The molecule has 8 nitrogen and oxygen atoms in total. The average Bonchev–Trinajstić information content (AvgIpc) is 3.58. The molecule has 0 bridgehead atoms. The first-order valence-corrected chi connectivity index (χ1v) is 14.4. The van der Waals surface area contributed by atoms with Crippen LogP contribution in [0.4, 0.5) is 10.1 Å². The van der Waals surface area contributed by atoms with Crippen molar-refractivity contribution in [2.45, 2.75) is 6.54 Å². The first-order valence-electron chi connectivity index (χ1n) is 12.4. The van der Waals surface area contributed by atoms with E-state index in [1.165, 1.54) is 35.4 Å². The molecule has 0 aliphatic carbocycles. The lowest BCUT2D eigenvalue weighted by molar-refractivity contribution is -0.122. The van der Waals surface area contributed by atoms with E-state index in [0.29, 0.717) is 37.9 Å². The van der Waals surface area contributed by atoms with E-state index in [1.54, 1.807) is 42.6 Å². The third-order valence-electron chi connectivity index (χ3n) is 5.73. The number of halogens is 3. The van der Waals surface area contributed by atoms with Gasteiger partial charge in [-0.15, -0.1) is 5.10 Å². The Hall–Kier alpha value is -4.19. The van der Waals surface area contributed by atoms with Crippen molar-refractivity contribution in [2.75, 3.05) is 11.9 Å². The summed E-state index contributed by atoms with van der Waals surface area (Å²) < 4.78 is 25.3. The van der Waals surface area contributed by atoms with E-state index < -0.39 is 11.7 Å². The van der Waals surface area contributed by atoms with Crippen LogP contribution in [0.2, 0.25) is 5.02 Å². The van der Waals surface area contributed by atoms with Gasteiger partial charge in [-0.3, -0.25) is 14.5 Å². The van der Waals surface area contributed by atoms with Crippen LogP contribution in [0.3, 0.4) is 0 Å². The molecular formula is C30H21BrClFN4O4S. The maximum Gasteiger partial charge on any atom is 0.267 e.